The van der Waals surface area contributed by atoms with Crippen molar-refractivity contribution in [2.75, 3.05) is 26.2 Å². The molecule has 0 spiro atoms. The molecule has 1 aliphatic rings. The quantitative estimate of drug-likeness (QED) is 0.104. The van der Waals surface area contributed by atoms with Gasteiger partial charge >= 0.3 is 5.97 Å². The van der Waals surface area contributed by atoms with Crippen molar-refractivity contribution in [1.29, 1.82) is 0 Å². The van der Waals surface area contributed by atoms with Gasteiger partial charge in [-0.25, -0.2) is 4.79 Å². The van der Waals surface area contributed by atoms with E-state index < -0.39 is 5.97 Å². The summed E-state index contributed by atoms with van der Waals surface area (Å²) in [6.07, 6.45) is 2.53. The van der Waals surface area contributed by atoms with Gasteiger partial charge in [0.1, 0.15) is 18.1 Å². The summed E-state index contributed by atoms with van der Waals surface area (Å²) < 4.78 is 12.6. The van der Waals surface area contributed by atoms with Crippen LogP contribution in [0.3, 0.4) is 0 Å². The van der Waals surface area contributed by atoms with Crippen LogP contribution in [-0.4, -0.2) is 42.9 Å². The van der Waals surface area contributed by atoms with Crippen molar-refractivity contribution in [3.05, 3.63) is 119 Å². The third kappa shape index (κ3) is 6.09. The van der Waals surface area contributed by atoms with Crippen LogP contribution in [0.1, 0.15) is 44.7 Å². The lowest BCUT2D eigenvalue weighted by molar-refractivity contribution is 0.0734. The predicted molar refractivity (Wildman–Crippen MR) is 164 cm³/mol. The molecule has 0 bridgehead atoms. The van der Waals surface area contributed by atoms with Gasteiger partial charge in [-0.1, -0.05) is 30.3 Å². The summed E-state index contributed by atoms with van der Waals surface area (Å²) in [6, 6.07) is 29.9. The SMILES string of the molecule is Cc1ccc2c(C(=O)c3ccc(OCCN4CCCC4)cc3)c(-c3ccc(OC(=O)c4ccccc4)cc3)sc2c1. The highest BCUT2D eigenvalue weighted by Gasteiger charge is 2.22. The van der Waals surface area contributed by atoms with Crippen LogP contribution in [-0.2, 0) is 0 Å². The van der Waals surface area contributed by atoms with Crippen LogP contribution in [0.5, 0.6) is 11.5 Å². The molecular formula is C35H31NO4S. The minimum Gasteiger partial charge on any atom is -0.492 e. The number of carbonyl (C=O) groups excluding carboxylic acids is 2. The zero-order chi connectivity index (χ0) is 28.2. The van der Waals surface area contributed by atoms with Gasteiger partial charge in [-0.3, -0.25) is 9.69 Å². The molecule has 5 nitrogen and oxygen atoms in total. The molecule has 206 valence electrons. The monoisotopic (exact) mass is 561 g/mol. The fraction of sp³-hybridized carbons (Fsp3) is 0.200. The first kappa shape index (κ1) is 26.9. The molecule has 1 aliphatic heterocycles. The highest BCUT2D eigenvalue weighted by Crippen LogP contribution is 2.41. The molecule has 1 aromatic heterocycles. The number of aryl methyl sites for hydroxylation is 1. The maximum Gasteiger partial charge on any atom is 0.343 e. The van der Waals surface area contributed by atoms with Crippen LogP contribution in [0.4, 0.5) is 0 Å². The molecule has 0 unspecified atom stereocenters. The lowest BCUT2D eigenvalue weighted by Gasteiger charge is -2.15. The Morgan fingerprint density at radius 2 is 1.51 bits per heavy atom. The van der Waals surface area contributed by atoms with Crippen molar-refractivity contribution in [2.24, 2.45) is 0 Å². The zero-order valence-corrected chi connectivity index (χ0v) is 23.8. The summed E-state index contributed by atoms with van der Waals surface area (Å²) >= 11 is 1.60. The van der Waals surface area contributed by atoms with E-state index >= 15 is 0 Å². The van der Waals surface area contributed by atoms with E-state index in [0.717, 1.165) is 51.5 Å². The predicted octanol–water partition coefficient (Wildman–Crippen LogP) is 7.80. The second kappa shape index (κ2) is 12.1. The Kier molecular flexibility index (Phi) is 7.94. The molecule has 4 aromatic carbocycles. The minimum absolute atomic E-state index is 0.0294. The molecule has 6 rings (SSSR count). The van der Waals surface area contributed by atoms with E-state index in [1.54, 1.807) is 47.7 Å². The molecule has 0 atom stereocenters. The molecular weight excluding hydrogens is 530 g/mol. The maximum absolute atomic E-state index is 14.0. The van der Waals surface area contributed by atoms with Gasteiger partial charge < -0.3 is 9.47 Å². The van der Waals surface area contributed by atoms with Gasteiger partial charge in [0.15, 0.2) is 5.78 Å². The number of hydrogen-bond acceptors (Lipinski definition) is 6. The summed E-state index contributed by atoms with van der Waals surface area (Å²) in [5.74, 6) is 0.786. The first-order valence-corrected chi connectivity index (χ1v) is 14.8. The fourth-order valence-electron chi connectivity index (χ4n) is 5.19. The molecule has 41 heavy (non-hydrogen) atoms. The first-order chi connectivity index (χ1) is 20.0. The van der Waals surface area contributed by atoms with Crippen molar-refractivity contribution in [3.8, 4) is 21.9 Å². The topological polar surface area (TPSA) is 55.8 Å². The number of carbonyl (C=O) groups is 2. The van der Waals surface area contributed by atoms with Gasteiger partial charge in [0.25, 0.3) is 0 Å². The number of ether oxygens (including phenoxy) is 2. The molecule has 0 N–H and O–H groups in total. The first-order valence-electron chi connectivity index (χ1n) is 14.0. The number of nitrogens with zero attached hydrogens (tertiary/aromatic N) is 1. The Balaban J connectivity index is 1.24. The molecule has 0 amide bonds. The zero-order valence-electron chi connectivity index (χ0n) is 23.0. The molecule has 0 aliphatic carbocycles. The third-order valence-electron chi connectivity index (χ3n) is 7.40. The Labute approximate surface area is 244 Å². The molecule has 0 radical (unpaired) electrons. The summed E-state index contributed by atoms with van der Waals surface area (Å²) in [5.41, 5.74) is 3.83. The van der Waals surface area contributed by atoms with E-state index in [9.17, 15) is 9.59 Å². The van der Waals surface area contributed by atoms with E-state index in [2.05, 4.69) is 17.9 Å². The van der Waals surface area contributed by atoms with Crippen molar-refractivity contribution < 1.29 is 19.1 Å². The average molecular weight is 562 g/mol. The van der Waals surface area contributed by atoms with Gasteiger partial charge in [-0.05, 0) is 111 Å². The minimum atomic E-state index is -0.407. The highest BCUT2D eigenvalue weighted by atomic mass is 32.1. The lowest BCUT2D eigenvalue weighted by Crippen LogP contribution is -2.25. The second-order valence-electron chi connectivity index (χ2n) is 10.3. The largest absolute Gasteiger partial charge is 0.492 e. The van der Waals surface area contributed by atoms with Crippen molar-refractivity contribution in [1.82, 2.24) is 4.90 Å². The van der Waals surface area contributed by atoms with E-state index in [0.29, 0.717) is 29.0 Å². The molecule has 0 saturated carbocycles. The average Bonchev–Trinajstić information content (AvgIpc) is 3.66. The second-order valence-corrected chi connectivity index (χ2v) is 11.4. The van der Waals surface area contributed by atoms with E-state index in [4.69, 9.17) is 9.47 Å². The standard InChI is InChI=1S/C35H31NO4S/c1-24-9-18-30-31(23-24)41-34(26-12-16-29(17-13-26)40-35(38)27-7-3-2-4-8-27)32(30)33(37)25-10-14-28(15-11-25)39-22-21-36-19-5-6-20-36/h2-4,7-18,23H,5-6,19-22H2,1H3. The normalized spacial score (nSPS) is 13.4. The van der Waals surface area contributed by atoms with Gasteiger partial charge in [0.05, 0.1) is 5.56 Å². The molecule has 2 heterocycles. The summed E-state index contributed by atoms with van der Waals surface area (Å²) in [7, 11) is 0. The van der Waals surface area contributed by atoms with Crippen LogP contribution in [0, 0.1) is 6.92 Å². The van der Waals surface area contributed by atoms with E-state index in [1.165, 1.54) is 12.8 Å². The third-order valence-corrected chi connectivity index (χ3v) is 8.60. The van der Waals surface area contributed by atoms with Crippen molar-refractivity contribution in [3.63, 3.8) is 0 Å². The molecule has 6 heteroatoms. The molecule has 1 fully saturated rings. The Morgan fingerprint density at radius 1 is 0.805 bits per heavy atom. The fourth-order valence-corrected chi connectivity index (χ4v) is 6.50. The van der Waals surface area contributed by atoms with Gasteiger partial charge in [-0.2, -0.15) is 0 Å². The van der Waals surface area contributed by atoms with Crippen LogP contribution in [0.2, 0.25) is 0 Å². The Hall–Kier alpha value is -4.26. The lowest BCUT2D eigenvalue weighted by atomic mass is 9.97. The van der Waals surface area contributed by atoms with Gasteiger partial charge in [0.2, 0.25) is 0 Å². The maximum atomic E-state index is 14.0. The van der Waals surface area contributed by atoms with Gasteiger partial charge in [0, 0.05) is 32.6 Å². The highest BCUT2D eigenvalue weighted by molar-refractivity contribution is 7.22. The summed E-state index contributed by atoms with van der Waals surface area (Å²) in [5, 5.41) is 0.936. The summed E-state index contributed by atoms with van der Waals surface area (Å²) in [4.78, 5) is 29.8. The van der Waals surface area contributed by atoms with Crippen LogP contribution in [0.15, 0.2) is 97.1 Å². The van der Waals surface area contributed by atoms with Gasteiger partial charge in [-0.15, -0.1) is 11.3 Å². The molecule has 5 aromatic rings. The number of fused-ring (bicyclic) bond motifs is 1. The van der Waals surface area contributed by atoms with E-state index in [1.807, 2.05) is 54.6 Å². The Morgan fingerprint density at radius 3 is 2.24 bits per heavy atom. The van der Waals surface area contributed by atoms with Crippen molar-refractivity contribution in [2.45, 2.75) is 19.8 Å². The number of likely N-dealkylation sites (tertiary alicyclic amines) is 1. The van der Waals surface area contributed by atoms with Crippen LogP contribution >= 0.6 is 11.3 Å². The van der Waals surface area contributed by atoms with E-state index in [-0.39, 0.29) is 5.78 Å². The number of rotatable bonds is 9. The number of ketones is 1. The smallest absolute Gasteiger partial charge is 0.343 e. The number of thiophene rings is 1. The molecule has 1 saturated heterocycles. The number of esters is 1. The number of hydrogen-bond donors (Lipinski definition) is 0. The Bertz CT molecular complexity index is 1670. The summed E-state index contributed by atoms with van der Waals surface area (Å²) in [6.45, 7) is 5.92. The van der Waals surface area contributed by atoms with Crippen LogP contribution in [0.25, 0.3) is 20.5 Å². The van der Waals surface area contributed by atoms with Crippen LogP contribution < -0.4 is 9.47 Å². The number of benzene rings is 4. The van der Waals surface area contributed by atoms with Crippen molar-refractivity contribution >= 4 is 33.2 Å².